The molecule has 2 aromatic rings. The monoisotopic (exact) mass is 358 g/mol. The molecule has 5 heteroatoms. The molecule has 1 amide bonds. The van der Waals surface area contributed by atoms with E-state index in [4.69, 9.17) is 10.5 Å². The number of hydrogen-bond acceptors (Lipinski definition) is 3. The van der Waals surface area contributed by atoms with E-state index >= 15 is 0 Å². The average Bonchev–Trinajstić information content (AvgIpc) is 3.37. The third-order valence-corrected chi connectivity index (χ3v) is 5.41. The number of carbonyl (C=O) groups is 1. The van der Waals surface area contributed by atoms with E-state index in [-0.39, 0.29) is 30.4 Å². The zero-order chi connectivity index (χ0) is 16.7. The van der Waals surface area contributed by atoms with Crippen molar-refractivity contribution in [2.75, 3.05) is 7.11 Å². The van der Waals surface area contributed by atoms with Crippen molar-refractivity contribution in [3.63, 3.8) is 0 Å². The molecule has 4 nitrogen and oxygen atoms in total. The molecule has 2 aliphatic rings. The molecule has 2 atom stereocenters. The van der Waals surface area contributed by atoms with Crippen LogP contribution in [0.15, 0.2) is 48.5 Å². The van der Waals surface area contributed by atoms with Gasteiger partial charge in [0, 0.05) is 5.56 Å². The summed E-state index contributed by atoms with van der Waals surface area (Å²) in [6.07, 6.45) is 2.51. The lowest BCUT2D eigenvalue weighted by atomic mass is 9.93. The minimum atomic E-state index is -0.457. The Hall–Kier alpha value is -2.04. The second kappa shape index (κ2) is 6.70. The lowest BCUT2D eigenvalue weighted by Gasteiger charge is -2.23. The summed E-state index contributed by atoms with van der Waals surface area (Å²) in [5.74, 6) is 0.851. The first-order valence-corrected chi connectivity index (χ1v) is 8.43. The second-order valence-corrected chi connectivity index (χ2v) is 6.79. The van der Waals surface area contributed by atoms with Gasteiger partial charge in [-0.25, -0.2) is 0 Å². The molecule has 4 rings (SSSR count). The molecule has 2 aliphatic carbocycles. The van der Waals surface area contributed by atoms with Crippen LogP contribution >= 0.6 is 12.4 Å². The summed E-state index contributed by atoms with van der Waals surface area (Å²) in [5, 5.41) is 3.21. The van der Waals surface area contributed by atoms with E-state index in [1.807, 2.05) is 36.4 Å². The van der Waals surface area contributed by atoms with Crippen molar-refractivity contribution in [2.45, 2.75) is 36.8 Å². The molecular weight excluding hydrogens is 336 g/mol. The van der Waals surface area contributed by atoms with Gasteiger partial charge in [-0.15, -0.1) is 12.4 Å². The van der Waals surface area contributed by atoms with E-state index in [1.165, 1.54) is 5.56 Å². The van der Waals surface area contributed by atoms with E-state index in [2.05, 4.69) is 17.4 Å². The maximum absolute atomic E-state index is 13.0. The van der Waals surface area contributed by atoms with E-state index in [0.717, 1.165) is 36.1 Å². The van der Waals surface area contributed by atoms with Crippen LogP contribution in [0.25, 0.3) is 0 Å². The number of ether oxygens (including phenoxy) is 1. The molecule has 1 fully saturated rings. The number of fused-ring (bicyclic) bond motifs is 1. The molecule has 0 saturated heterocycles. The first-order chi connectivity index (χ1) is 11.7. The number of carbonyl (C=O) groups excluding carboxylic acids is 1. The van der Waals surface area contributed by atoms with Crippen LogP contribution in [0.4, 0.5) is 0 Å². The zero-order valence-electron chi connectivity index (χ0n) is 14.2. The highest BCUT2D eigenvalue weighted by molar-refractivity contribution is 5.92. The summed E-state index contributed by atoms with van der Waals surface area (Å²) in [6, 6.07) is 15.8. The van der Waals surface area contributed by atoms with Crippen molar-refractivity contribution in [1.82, 2.24) is 5.32 Å². The summed E-state index contributed by atoms with van der Waals surface area (Å²) in [6.45, 7) is 0. The maximum Gasteiger partial charge on any atom is 0.231 e. The number of halogens is 1. The minimum absolute atomic E-state index is 0. The van der Waals surface area contributed by atoms with Gasteiger partial charge in [0.1, 0.15) is 5.75 Å². The molecule has 2 aromatic carbocycles. The van der Waals surface area contributed by atoms with Crippen LogP contribution in [-0.4, -0.2) is 19.1 Å². The summed E-state index contributed by atoms with van der Waals surface area (Å²) < 4.78 is 5.46. The molecule has 0 heterocycles. The van der Waals surface area contributed by atoms with Crippen LogP contribution in [0.3, 0.4) is 0 Å². The van der Waals surface area contributed by atoms with Gasteiger partial charge in [0.05, 0.1) is 24.6 Å². The molecule has 0 spiro atoms. The number of amides is 1. The maximum atomic E-state index is 13.0. The molecule has 3 N–H and O–H groups in total. The SMILES string of the molecule is COc1ccccc1C1(C(=O)N[C@@H]2Cc3ccccc3[C@H]2N)CC1.Cl. The number of methoxy groups -OCH3 is 1. The van der Waals surface area contributed by atoms with Gasteiger partial charge in [-0.2, -0.15) is 0 Å². The van der Waals surface area contributed by atoms with Gasteiger partial charge in [-0.05, 0) is 36.5 Å². The normalized spacial score (nSPS) is 22.5. The van der Waals surface area contributed by atoms with Crippen LogP contribution < -0.4 is 15.8 Å². The van der Waals surface area contributed by atoms with Gasteiger partial charge in [-0.1, -0.05) is 42.5 Å². The second-order valence-electron chi connectivity index (χ2n) is 6.79. The summed E-state index contributed by atoms with van der Waals surface area (Å²) >= 11 is 0. The van der Waals surface area contributed by atoms with Gasteiger partial charge < -0.3 is 15.8 Å². The van der Waals surface area contributed by atoms with Gasteiger partial charge in [0.2, 0.25) is 5.91 Å². The fraction of sp³-hybridized carbons (Fsp3) is 0.350. The molecule has 0 radical (unpaired) electrons. The summed E-state index contributed by atoms with van der Waals surface area (Å²) in [5.41, 5.74) is 9.26. The van der Waals surface area contributed by atoms with E-state index in [9.17, 15) is 4.79 Å². The Labute approximate surface area is 154 Å². The molecule has 0 aliphatic heterocycles. The standard InChI is InChI=1S/C20H22N2O2.ClH/c1-24-17-9-5-4-8-15(17)20(10-11-20)19(23)22-16-12-13-6-2-3-7-14(13)18(16)21;/h2-9,16,18H,10-12,21H2,1H3,(H,22,23);1H/t16-,18-;/m1./s1. The van der Waals surface area contributed by atoms with E-state index in [1.54, 1.807) is 7.11 Å². The van der Waals surface area contributed by atoms with Crippen molar-refractivity contribution in [1.29, 1.82) is 0 Å². The van der Waals surface area contributed by atoms with Crippen molar-refractivity contribution < 1.29 is 9.53 Å². The predicted molar refractivity (Wildman–Crippen MR) is 100 cm³/mol. The van der Waals surface area contributed by atoms with Crippen LogP contribution in [0.1, 0.15) is 35.6 Å². The third-order valence-electron chi connectivity index (χ3n) is 5.41. The topological polar surface area (TPSA) is 64.3 Å². The van der Waals surface area contributed by atoms with Crippen LogP contribution in [0, 0.1) is 0 Å². The Balaban J connectivity index is 0.00000182. The Morgan fingerprint density at radius 2 is 1.84 bits per heavy atom. The van der Waals surface area contributed by atoms with E-state index < -0.39 is 5.41 Å². The summed E-state index contributed by atoms with van der Waals surface area (Å²) in [4.78, 5) is 13.0. The third kappa shape index (κ3) is 2.90. The highest BCUT2D eigenvalue weighted by Gasteiger charge is 2.53. The number of hydrogen-bond donors (Lipinski definition) is 2. The van der Waals surface area contributed by atoms with Crippen molar-refractivity contribution in [3.8, 4) is 5.75 Å². The molecule has 1 saturated carbocycles. The molecule has 0 bridgehead atoms. The predicted octanol–water partition coefficient (Wildman–Crippen LogP) is 2.89. The average molecular weight is 359 g/mol. The number of nitrogens with two attached hydrogens (primary N) is 1. The van der Waals surface area contributed by atoms with Crippen LogP contribution in [-0.2, 0) is 16.6 Å². The smallest absolute Gasteiger partial charge is 0.231 e. The zero-order valence-corrected chi connectivity index (χ0v) is 15.0. The Bertz CT molecular complexity index is 789. The van der Waals surface area contributed by atoms with Crippen LogP contribution in [0.2, 0.25) is 0 Å². The van der Waals surface area contributed by atoms with Gasteiger partial charge in [-0.3, -0.25) is 4.79 Å². The Morgan fingerprint density at radius 1 is 1.16 bits per heavy atom. The fourth-order valence-electron chi connectivity index (χ4n) is 3.86. The molecule has 132 valence electrons. The lowest BCUT2D eigenvalue weighted by molar-refractivity contribution is -0.124. The summed E-state index contributed by atoms with van der Waals surface area (Å²) in [7, 11) is 1.65. The largest absolute Gasteiger partial charge is 0.496 e. The fourth-order valence-corrected chi connectivity index (χ4v) is 3.86. The number of benzene rings is 2. The molecule has 25 heavy (non-hydrogen) atoms. The lowest BCUT2D eigenvalue weighted by Crippen LogP contribution is -2.45. The first kappa shape index (κ1) is 17.8. The number of rotatable bonds is 4. The van der Waals surface area contributed by atoms with Crippen molar-refractivity contribution >= 4 is 18.3 Å². The van der Waals surface area contributed by atoms with Crippen molar-refractivity contribution in [3.05, 3.63) is 65.2 Å². The highest BCUT2D eigenvalue weighted by atomic mass is 35.5. The van der Waals surface area contributed by atoms with Crippen LogP contribution in [0.5, 0.6) is 5.75 Å². The Morgan fingerprint density at radius 3 is 2.52 bits per heavy atom. The number of nitrogens with one attached hydrogen (secondary N) is 1. The molecule has 0 aromatic heterocycles. The highest BCUT2D eigenvalue weighted by Crippen LogP contribution is 2.51. The minimum Gasteiger partial charge on any atom is -0.496 e. The van der Waals surface area contributed by atoms with Crippen molar-refractivity contribution in [2.24, 2.45) is 5.73 Å². The first-order valence-electron chi connectivity index (χ1n) is 8.43. The quantitative estimate of drug-likeness (QED) is 0.883. The Kier molecular flexibility index (Phi) is 4.76. The molecule has 0 unspecified atom stereocenters. The number of para-hydroxylation sites is 1. The molecular formula is C20H23ClN2O2. The van der Waals surface area contributed by atoms with Gasteiger partial charge in [0.25, 0.3) is 0 Å². The van der Waals surface area contributed by atoms with Gasteiger partial charge >= 0.3 is 0 Å². The van der Waals surface area contributed by atoms with E-state index in [0.29, 0.717) is 0 Å². The van der Waals surface area contributed by atoms with Gasteiger partial charge in [0.15, 0.2) is 0 Å².